The van der Waals surface area contributed by atoms with Gasteiger partial charge >= 0.3 is 5.97 Å². The molecule has 0 radical (unpaired) electrons. The van der Waals surface area contributed by atoms with Crippen LogP contribution in [-0.4, -0.2) is 29.5 Å². The topological polar surface area (TPSA) is 102 Å². The molecule has 0 saturated heterocycles. The van der Waals surface area contributed by atoms with Crippen LogP contribution >= 0.6 is 0 Å². The molecule has 5 nitrogen and oxygen atoms in total. The van der Waals surface area contributed by atoms with Crippen molar-refractivity contribution in [3.05, 3.63) is 0 Å². The molecule has 14 heavy (non-hydrogen) atoms. The Balaban J connectivity index is 3.55. The third-order valence-corrected chi connectivity index (χ3v) is 1.81. The van der Waals surface area contributed by atoms with E-state index in [0.717, 1.165) is 12.8 Å². The molecule has 0 aliphatic carbocycles. The molecule has 0 aliphatic rings. The quantitative estimate of drug-likeness (QED) is 0.314. The van der Waals surface area contributed by atoms with Crippen molar-refractivity contribution in [2.45, 2.75) is 38.6 Å². The summed E-state index contributed by atoms with van der Waals surface area (Å²) < 4.78 is 0. The molecule has 0 spiro atoms. The van der Waals surface area contributed by atoms with E-state index in [9.17, 15) is 4.79 Å². The first kappa shape index (κ1) is 12.9. The SMILES string of the molecule is CCCC(N)=NCCCC(N)C(=O)O. The maximum atomic E-state index is 10.3. The van der Waals surface area contributed by atoms with Crippen LogP contribution in [0.5, 0.6) is 0 Å². The minimum absolute atomic E-state index is 0.443. The molecule has 5 heteroatoms. The van der Waals surface area contributed by atoms with Gasteiger partial charge in [0.1, 0.15) is 6.04 Å². The highest BCUT2D eigenvalue weighted by Crippen LogP contribution is 1.96. The fourth-order valence-corrected chi connectivity index (χ4v) is 0.993. The number of amidine groups is 1. The lowest BCUT2D eigenvalue weighted by Gasteiger charge is -2.04. The van der Waals surface area contributed by atoms with E-state index in [2.05, 4.69) is 4.99 Å². The zero-order valence-corrected chi connectivity index (χ0v) is 8.57. The molecule has 82 valence electrons. The number of hydrogen-bond acceptors (Lipinski definition) is 3. The maximum absolute atomic E-state index is 10.3. The molecule has 0 fully saturated rings. The first-order chi connectivity index (χ1) is 6.57. The Kier molecular flexibility index (Phi) is 6.74. The van der Waals surface area contributed by atoms with Crippen LogP contribution in [0.3, 0.4) is 0 Å². The molecule has 0 aromatic rings. The Morgan fingerprint density at radius 2 is 2.21 bits per heavy atom. The van der Waals surface area contributed by atoms with Crippen molar-refractivity contribution in [1.82, 2.24) is 0 Å². The number of carbonyl (C=O) groups is 1. The molecule has 0 heterocycles. The van der Waals surface area contributed by atoms with Gasteiger partial charge in [0.25, 0.3) is 0 Å². The summed E-state index contributed by atoms with van der Waals surface area (Å²) in [6.45, 7) is 2.59. The van der Waals surface area contributed by atoms with Crippen molar-refractivity contribution >= 4 is 11.8 Å². The highest BCUT2D eigenvalue weighted by Gasteiger charge is 2.09. The molecule has 1 atom stereocenters. The van der Waals surface area contributed by atoms with Gasteiger partial charge in [-0.25, -0.2) is 0 Å². The van der Waals surface area contributed by atoms with Crippen LogP contribution < -0.4 is 11.5 Å². The molecule has 0 rings (SSSR count). The van der Waals surface area contributed by atoms with Gasteiger partial charge < -0.3 is 16.6 Å². The molecule has 0 saturated carbocycles. The summed E-state index contributed by atoms with van der Waals surface area (Å²) in [5.74, 6) is -0.327. The number of aliphatic imine (C=N–C) groups is 1. The standard InChI is InChI=1S/C9H19N3O2/c1-2-4-8(11)12-6-3-5-7(10)9(13)14/h7H,2-6,10H2,1H3,(H2,11,12)(H,13,14). The number of aliphatic carboxylic acids is 1. The fraction of sp³-hybridized carbons (Fsp3) is 0.778. The van der Waals surface area contributed by atoms with Crippen LogP contribution in [-0.2, 0) is 4.79 Å². The lowest BCUT2D eigenvalue weighted by Crippen LogP contribution is -2.30. The highest BCUT2D eigenvalue weighted by atomic mass is 16.4. The van der Waals surface area contributed by atoms with Gasteiger partial charge in [0.05, 0.1) is 5.84 Å². The molecule has 0 aromatic carbocycles. The molecule has 0 bridgehead atoms. The van der Waals surface area contributed by atoms with E-state index in [1.807, 2.05) is 6.92 Å². The third-order valence-electron chi connectivity index (χ3n) is 1.81. The second kappa shape index (κ2) is 7.32. The van der Waals surface area contributed by atoms with E-state index >= 15 is 0 Å². The number of hydrogen-bond donors (Lipinski definition) is 3. The van der Waals surface area contributed by atoms with Gasteiger partial charge in [0, 0.05) is 13.0 Å². The molecular weight excluding hydrogens is 182 g/mol. The van der Waals surface area contributed by atoms with Gasteiger partial charge in [-0.2, -0.15) is 0 Å². The van der Waals surface area contributed by atoms with E-state index in [1.54, 1.807) is 0 Å². The normalized spacial score (nSPS) is 14.0. The average Bonchev–Trinajstić information content (AvgIpc) is 2.12. The van der Waals surface area contributed by atoms with Crippen LogP contribution in [0.4, 0.5) is 0 Å². The minimum atomic E-state index is -0.962. The Labute approximate surface area is 84.2 Å². The second-order valence-corrected chi connectivity index (χ2v) is 3.21. The number of nitrogens with two attached hydrogens (primary N) is 2. The van der Waals surface area contributed by atoms with Crippen molar-refractivity contribution in [3.8, 4) is 0 Å². The maximum Gasteiger partial charge on any atom is 0.320 e. The monoisotopic (exact) mass is 201 g/mol. The molecule has 0 amide bonds. The third kappa shape index (κ3) is 6.42. The summed E-state index contributed by atoms with van der Waals surface area (Å²) in [6, 6.07) is -0.780. The zero-order valence-electron chi connectivity index (χ0n) is 8.57. The van der Waals surface area contributed by atoms with Gasteiger partial charge in [0.15, 0.2) is 0 Å². The van der Waals surface area contributed by atoms with Crippen molar-refractivity contribution < 1.29 is 9.90 Å². The number of carboxylic acid groups (broad SMARTS) is 1. The van der Waals surface area contributed by atoms with E-state index < -0.39 is 12.0 Å². The molecular formula is C9H19N3O2. The van der Waals surface area contributed by atoms with Crippen LogP contribution in [0.25, 0.3) is 0 Å². The molecule has 5 N–H and O–H groups in total. The van der Waals surface area contributed by atoms with Crippen LogP contribution in [0.15, 0.2) is 4.99 Å². The predicted octanol–water partition coefficient (Wildman–Crippen LogP) is 0.336. The second-order valence-electron chi connectivity index (χ2n) is 3.21. The minimum Gasteiger partial charge on any atom is -0.480 e. The first-order valence-electron chi connectivity index (χ1n) is 4.85. The van der Waals surface area contributed by atoms with Crippen molar-refractivity contribution in [3.63, 3.8) is 0 Å². The van der Waals surface area contributed by atoms with Crippen molar-refractivity contribution in [1.29, 1.82) is 0 Å². The summed E-state index contributed by atoms with van der Waals surface area (Å²) in [7, 11) is 0. The van der Waals surface area contributed by atoms with Gasteiger partial charge in [-0.05, 0) is 19.3 Å². The number of rotatable bonds is 7. The average molecular weight is 201 g/mol. The van der Waals surface area contributed by atoms with Gasteiger partial charge in [-0.3, -0.25) is 9.79 Å². The molecule has 0 aromatic heterocycles. The fourth-order valence-electron chi connectivity index (χ4n) is 0.993. The largest absolute Gasteiger partial charge is 0.480 e. The smallest absolute Gasteiger partial charge is 0.320 e. The lowest BCUT2D eigenvalue weighted by atomic mass is 10.2. The number of nitrogens with zero attached hydrogens (tertiary/aromatic N) is 1. The van der Waals surface area contributed by atoms with Crippen LogP contribution in [0.1, 0.15) is 32.6 Å². The van der Waals surface area contributed by atoms with Crippen molar-refractivity contribution in [2.24, 2.45) is 16.5 Å². The van der Waals surface area contributed by atoms with Gasteiger partial charge in [-0.1, -0.05) is 6.92 Å². The summed E-state index contributed by atoms with van der Waals surface area (Å²) >= 11 is 0. The van der Waals surface area contributed by atoms with Crippen LogP contribution in [0.2, 0.25) is 0 Å². The molecule has 0 aliphatic heterocycles. The predicted molar refractivity (Wildman–Crippen MR) is 56.2 cm³/mol. The Bertz CT molecular complexity index is 204. The summed E-state index contributed by atoms with van der Waals surface area (Å²) in [4.78, 5) is 14.4. The van der Waals surface area contributed by atoms with Gasteiger partial charge in [-0.15, -0.1) is 0 Å². The summed E-state index contributed by atoms with van der Waals surface area (Å²) in [5.41, 5.74) is 10.9. The van der Waals surface area contributed by atoms with Crippen molar-refractivity contribution in [2.75, 3.05) is 6.54 Å². The Hall–Kier alpha value is -1.10. The zero-order chi connectivity index (χ0) is 11.0. The summed E-state index contributed by atoms with van der Waals surface area (Å²) in [6.07, 6.45) is 2.88. The van der Waals surface area contributed by atoms with E-state index in [4.69, 9.17) is 16.6 Å². The van der Waals surface area contributed by atoms with E-state index in [1.165, 1.54) is 0 Å². The Morgan fingerprint density at radius 1 is 1.57 bits per heavy atom. The first-order valence-corrected chi connectivity index (χ1v) is 4.85. The van der Waals surface area contributed by atoms with Crippen LogP contribution in [0, 0.1) is 0 Å². The number of carboxylic acids is 1. The lowest BCUT2D eigenvalue weighted by molar-refractivity contribution is -0.138. The summed E-state index contributed by atoms with van der Waals surface area (Å²) in [5, 5.41) is 8.49. The molecule has 1 unspecified atom stereocenters. The van der Waals surface area contributed by atoms with E-state index in [-0.39, 0.29) is 0 Å². The highest BCUT2D eigenvalue weighted by molar-refractivity contribution is 5.80. The van der Waals surface area contributed by atoms with Gasteiger partial charge in [0.2, 0.25) is 0 Å². The van der Waals surface area contributed by atoms with E-state index in [0.29, 0.717) is 25.2 Å². The Morgan fingerprint density at radius 3 is 2.71 bits per heavy atom.